The van der Waals surface area contributed by atoms with Crippen molar-refractivity contribution in [2.75, 3.05) is 5.32 Å². The molecule has 1 saturated carbocycles. The minimum atomic E-state index is -0.309. The fraction of sp³-hybridized carbons (Fsp3) is 0.333. The van der Waals surface area contributed by atoms with E-state index in [1.807, 2.05) is 24.3 Å². The molecule has 2 nitrogen and oxygen atoms in total. The van der Waals surface area contributed by atoms with Crippen molar-refractivity contribution in [1.82, 2.24) is 0 Å². The van der Waals surface area contributed by atoms with Gasteiger partial charge < -0.3 is 10.4 Å². The van der Waals surface area contributed by atoms with Crippen molar-refractivity contribution in [3.63, 3.8) is 0 Å². The highest BCUT2D eigenvalue weighted by Gasteiger charge is 2.44. The molecule has 2 aromatic carbocycles. The summed E-state index contributed by atoms with van der Waals surface area (Å²) in [6.45, 7) is 0. The second-order valence-electron chi connectivity index (χ2n) is 6.28. The number of nitrogens with one attached hydrogen (secondary N) is 1. The molecule has 1 unspecified atom stereocenters. The average Bonchev–Trinajstić information content (AvgIpc) is 2.89. The first-order valence-corrected chi connectivity index (χ1v) is 8.41. The Labute approximate surface area is 137 Å². The van der Waals surface area contributed by atoms with Crippen LogP contribution in [-0.4, -0.2) is 11.2 Å². The molecule has 0 bridgehead atoms. The number of hydrogen-bond donors (Lipinski definition) is 2. The zero-order chi connectivity index (χ0) is 15.3. The maximum Gasteiger partial charge on any atom is 0.147 e. The number of rotatable bonds is 1. The molecule has 4 rings (SSSR count). The molecule has 0 amide bonds. The van der Waals surface area contributed by atoms with E-state index < -0.39 is 0 Å². The van der Waals surface area contributed by atoms with E-state index in [-0.39, 0.29) is 23.9 Å². The molecule has 1 aliphatic heterocycles. The van der Waals surface area contributed by atoms with E-state index in [9.17, 15) is 9.50 Å². The molecule has 114 valence electrons. The molecular formula is C18H17BrFNO. The zero-order valence-corrected chi connectivity index (χ0v) is 13.6. The molecule has 4 heteroatoms. The van der Waals surface area contributed by atoms with Gasteiger partial charge in [-0.15, -0.1) is 0 Å². The third kappa shape index (κ3) is 2.25. The smallest absolute Gasteiger partial charge is 0.147 e. The van der Waals surface area contributed by atoms with E-state index in [2.05, 4.69) is 33.4 Å². The normalized spacial score (nSPS) is 29.6. The number of aliphatic hydroxyl groups is 1. The summed E-state index contributed by atoms with van der Waals surface area (Å²) >= 11 is 3.38. The first kappa shape index (κ1) is 14.2. The molecule has 0 radical (unpaired) electrons. The van der Waals surface area contributed by atoms with E-state index in [0.717, 1.165) is 22.0 Å². The van der Waals surface area contributed by atoms with Gasteiger partial charge in [-0.1, -0.05) is 46.3 Å². The van der Waals surface area contributed by atoms with Crippen LogP contribution >= 0.6 is 15.9 Å². The van der Waals surface area contributed by atoms with Gasteiger partial charge in [0, 0.05) is 4.47 Å². The Kier molecular flexibility index (Phi) is 3.46. The molecule has 22 heavy (non-hydrogen) atoms. The summed E-state index contributed by atoms with van der Waals surface area (Å²) in [5, 5.41) is 13.5. The van der Waals surface area contributed by atoms with Crippen LogP contribution in [0.2, 0.25) is 0 Å². The minimum absolute atomic E-state index is 0.0477. The first-order chi connectivity index (χ1) is 10.6. The van der Waals surface area contributed by atoms with Crippen LogP contribution < -0.4 is 5.32 Å². The average molecular weight is 362 g/mol. The first-order valence-electron chi connectivity index (χ1n) is 7.62. The Hall–Kier alpha value is -1.39. The molecular weight excluding hydrogens is 345 g/mol. The lowest BCUT2D eigenvalue weighted by Crippen LogP contribution is -2.29. The fourth-order valence-corrected chi connectivity index (χ4v) is 4.51. The maximum absolute atomic E-state index is 14.4. The van der Waals surface area contributed by atoms with Gasteiger partial charge in [0.1, 0.15) is 5.82 Å². The maximum atomic E-state index is 14.4. The van der Waals surface area contributed by atoms with Gasteiger partial charge >= 0.3 is 0 Å². The summed E-state index contributed by atoms with van der Waals surface area (Å²) in [6.07, 6.45) is 1.15. The van der Waals surface area contributed by atoms with Crippen LogP contribution in [0.3, 0.4) is 0 Å². The Balaban J connectivity index is 1.84. The molecule has 2 aliphatic rings. The van der Waals surface area contributed by atoms with Crippen LogP contribution in [-0.2, 0) is 0 Å². The highest BCUT2D eigenvalue weighted by atomic mass is 79.9. The molecule has 0 spiro atoms. The van der Waals surface area contributed by atoms with Crippen molar-refractivity contribution in [3.8, 4) is 0 Å². The Morgan fingerprint density at radius 1 is 1.14 bits per heavy atom. The van der Waals surface area contributed by atoms with Crippen LogP contribution in [0.15, 0.2) is 46.9 Å². The van der Waals surface area contributed by atoms with Crippen molar-refractivity contribution in [3.05, 3.63) is 63.9 Å². The Morgan fingerprint density at radius 2 is 1.91 bits per heavy atom. The van der Waals surface area contributed by atoms with Gasteiger partial charge in [-0.3, -0.25) is 0 Å². The van der Waals surface area contributed by atoms with Crippen LogP contribution in [0.25, 0.3) is 0 Å². The van der Waals surface area contributed by atoms with Crippen molar-refractivity contribution in [1.29, 1.82) is 0 Å². The molecule has 0 saturated heterocycles. The minimum Gasteiger partial charge on any atom is -0.393 e. The number of anilines is 1. The predicted molar refractivity (Wildman–Crippen MR) is 88.4 cm³/mol. The zero-order valence-electron chi connectivity index (χ0n) is 12.0. The molecule has 1 fully saturated rings. The summed E-state index contributed by atoms with van der Waals surface area (Å²) in [7, 11) is 0. The van der Waals surface area contributed by atoms with Crippen molar-refractivity contribution < 1.29 is 9.50 Å². The lowest BCUT2D eigenvalue weighted by atomic mass is 9.77. The number of halogens is 2. The van der Waals surface area contributed by atoms with Crippen molar-refractivity contribution in [2.24, 2.45) is 5.92 Å². The van der Waals surface area contributed by atoms with E-state index >= 15 is 0 Å². The van der Waals surface area contributed by atoms with E-state index in [0.29, 0.717) is 18.0 Å². The van der Waals surface area contributed by atoms with Gasteiger partial charge in [-0.2, -0.15) is 0 Å². The van der Waals surface area contributed by atoms with Crippen molar-refractivity contribution >= 4 is 21.6 Å². The second kappa shape index (κ2) is 5.36. The van der Waals surface area contributed by atoms with Gasteiger partial charge in [-0.05, 0) is 47.9 Å². The number of fused-ring (bicyclic) bond motifs is 3. The third-order valence-electron chi connectivity index (χ3n) is 4.96. The van der Waals surface area contributed by atoms with Crippen LogP contribution in [0, 0.1) is 11.7 Å². The van der Waals surface area contributed by atoms with Gasteiger partial charge in [0.05, 0.1) is 17.8 Å². The van der Waals surface area contributed by atoms with Gasteiger partial charge in [0.15, 0.2) is 0 Å². The summed E-state index contributed by atoms with van der Waals surface area (Å²) in [4.78, 5) is 0. The predicted octanol–water partition coefficient (Wildman–Crippen LogP) is 4.61. The van der Waals surface area contributed by atoms with Crippen molar-refractivity contribution in [2.45, 2.75) is 30.9 Å². The van der Waals surface area contributed by atoms with Crippen LogP contribution in [0.4, 0.5) is 10.1 Å². The molecule has 0 aromatic heterocycles. The Morgan fingerprint density at radius 3 is 2.68 bits per heavy atom. The molecule has 4 atom stereocenters. The fourth-order valence-electron chi connectivity index (χ4n) is 4.06. The summed E-state index contributed by atoms with van der Waals surface area (Å²) in [6, 6.07) is 13.7. The van der Waals surface area contributed by atoms with E-state index in [4.69, 9.17) is 0 Å². The molecule has 1 heterocycles. The van der Waals surface area contributed by atoms with Gasteiger partial charge in [0.2, 0.25) is 0 Å². The SMILES string of the molecule is O[C@H]1CC2[C@H](C1)c1cc(Br)cc(F)c1N[C@H]2c1ccccc1. The third-order valence-corrected chi connectivity index (χ3v) is 5.42. The standard InChI is InChI=1S/C18H17BrFNO/c19-11-6-14-13-8-12(22)9-15(13)17(10-4-2-1-3-5-10)21-18(14)16(20)7-11/h1-7,12-13,15,17,21-22H,8-9H2/t12-,13-,15?,17+/m1/s1. The molecule has 2 aromatic rings. The molecule has 1 aliphatic carbocycles. The highest BCUT2D eigenvalue weighted by molar-refractivity contribution is 9.10. The van der Waals surface area contributed by atoms with Crippen LogP contribution in [0.1, 0.15) is 35.9 Å². The van der Waals surface area contributed by atoms with Gasteiger partial charge in [-0.25, -0.2) is 4.39 Å². The van der Waals surface area contributed by atoms with Crippen LogP contribution in [0.5, 0.6) is 0 Å². The largest absolute Gasteiger partial charge is 0.393 e. The second-order valence-corrected chi connectivity index (χ2v) is 7.20. The quantitative estimate of drug-likeness (QED) is 0.777. The summed E-state index contributed by atoms with van der Waals surface area (Å²) in [5.74, 6) is 0.257. The number of aliphatic hydroxyl groups excluding tert-OH is 1. The molecule has 2 N–H and O–H groups in total. The van der Waals surface area contributed by atoms with E-state index in [1.165, 1.54) is 6.07 Å². The highest BCUT2D eigenvalue weighted by Crippen LogP contribution is 2.53. The van der Waals surface area contributed by atoms with Gasteiger partial charge in [0.25, 0.3) is 0 Å². The number of hydrogen-bond acceptors (Lipinski definition) is 2. The summed E-state index contributed by atoms with van der Waals surface area (Å²) in [5.41, 5.74) is 2.73. The topological polar surface area (TPSA) is 32.3 Å². The monoisotopic (exact) mass is 361 g/mol. The lowest BCUT2D eigenvalue weighted by molar-refractivity contribution is 0.175. The van der Waals surface area contributed by atoms with E-state index in [1.54, 1.807) is 0 Å². The number of benzene rings is 2. The Bertz CT molecular complexity index is 706. The lowest BCUT2D eigenvalue weighted by Gasteiger charge is -2.37. The summed E-state index contributed by atoms with van der Waals surface area (Å²) < 4.78 is 15.2.